The number of Topliss-reactive ketones (excluding diaryl/α,β-unsaturated/α-hetero) is 3. The zero-order chi connectivity index (χ0) is 21.0. The monoisotopic (exact) mass is 403 g/mol. The third-order valence-corrected chi connectivity index (χ3v) is 4.69. The molecule has 0 aliphatic rings. The number of hydrogen-bond acceptors (Lipinski definition) is 5. The van der Waals surface area contributed by atoms with Crippen LogP contribution in [-0.2, 0) is 9.53 Å². The number of esters is 1. The average molecular weight is 404 g/mol. The molecule has 2 rings (SSSR count). The lowest BCUT2D eigenvalue weighted by Gasteiger charge is -2.12. The molecule has 7 heteroatoms. The number of carbonyl (C=O) groups excluding carboxylic acids is 4. The van der Waals surface area contributed by atoms with E-state index in [1.807, 2.05) is 0 Å². The summed E-state index contributed by atoms with van der Waals surface area (Å²) in [5.41, 5.74) is 2.31. The number of ether oxygens (including phenoxy) is 1. The first-order chi connectivity index (χ1) is 13.1. The van der Waals surface area contributed by atoms with Gasteiger partial charge in [-0.25, -0.2) is 0 Å². The topological polar surface area (TPSA) is 93.3 Å². The van der Waals surface area contributed by atoms with Crippen molar-refractivity contribution in [2.75, 3.05) is 0 Å². The Balaban J connectivity index is 1.96. The summed E-state index contributed by atoms with van der Waals surface area (Å²) >= 11 is 5.78. The SMILES string of the molecule is CC(=O)c1c(C)[nH]c(C(=O)[C@@H](C)OC(=O)CCC(=O)c2ccc(Cl)cc2)c1C. The maximum absolute atomic E-state index is 12.6. The van der Waals surface area contributed by atoms with E-state index < -0.39 is 17.9 Å². The van der Waals surface area contributed by atoms with Gasteiger partial charge in [0.2, 0.25) is 5.78 Å². The minimum Gasteiger partial charge on any atom is -0.454 e. The minimum absolute atomic E-state index is 0.0313. The summed E-state index contributed by atoms with van der Waals surface area (Å²) in [4.78, 5) is 51.3. The van der Waals surface area contributed by atoms with Gasteiger partial charge in [-0.2, -0.15) is 0 Å². The Morgan fingerprint density at radius 2 is 1.68 bits per heavy atom. The van der Waals surface area contributed by atoms with E-state index in [1.165, 1.54) is 13.8 Å². The summed E-state index contributed by atoms with van der Waals surface area (Å²) in [6, 6.07) is 6.38. The van der Waals surface area contributed by atoms with Crippen molar-refractivity contribution < 1.29 is 23.9 Å². The molecule has 0 saturated carbocycles. The van der Waals surface area contributed by atoms with Crippen molar-refractivity contribution in [3.63, 3.8) is 0 Å². The van der Waals surface area contributed by atoms with Gasteiger partial charge in [0.15, 0.2) is 17.7 Å². The first-order valence-corrected chi connectivity index (χ1v) is 9.22. The zero-order valence-corrected chi connectivity index (χ0v) is 17.0. The van der Waals surface area contributed by atoms with Gasteiger partial charge in [0.05, 0.1) is 12.1 Å². The molecule has 0 unspecified atom stereocenters. The van der Waals surface area contributed by atoms with Gasteiger partial charge in [0.25, 0.3) is 0 Å². The van der Waals surface area contributed by atoms with Crippen molar-refractivity contribution >= 4 is 34.9 Å². The lowest BCUT2D eigenvalue weighted by atomic mass is 10.0. The van der Waals surface area contributed by atoms with Gasteiger partial charge in [0, 0.05) is 28.3 Å². The van der Waals surface area contributed by atoms with Gasteiger partial charge in [-0.15, -0.1) is 0 Å². The standard InChI is InChI=1S/C21H22ClNO5/c1-11-19(13(3)24)12(2)23-20(11)21(27)14(4)28-18(26)10-9-17(25)15-5-7-16(22)8-6-15/h5-8,14,23H,9-10H2,1-4H3/t14-/m1/s1. The zero-order valence-electron chi connectivity index (χ0n) is 16.2. The van der Waals surface area contributed by atoms with Crippen LogP contribution in [0.25, 0.3) is 0 Å². The second-order valence-corrected chi connectivity index (χ2v) is 7.04. The van der Waals surface area contributed by atoms with Crippen LogP contribution in [0.3, 0.4) is 0 Å². The molecule has 148 valence electrons. The predicted molar refractivity (Wildman–Crippen MR) is 105 cm³/mol. The third kappa shape index (κ3) is 4.95. The Kier molecular flexibility index (Phi) is 6.91. The molecule has 0 aliphatic carbocycles. The fraction of sp³-hybridized carbons (Fsp3) is 0.333. The molecule has 1 aromatic carbocycles. The Labute approximate surface area is 168 Å². The summed E-state index contributed by atoms with van der Waals surface area (Å²) in [5, 5.41) is 0.520. The summed E-state index contributed by atoms with van der Waals surface area (Å²) < 4.78 is 5.17. The normalized spacial score (nSPS) is 11.8. The third-order valence-electron chi connectivity index (χ3n) is 4.44. The summed E-state index contributed by atoms with van der Waals surface area (Å²) in [7, 11) is 0. The van der Waals surface area contributed by atoms with E-state index in [4.69, 9.17) is 16.3 Å². The first kappa shape index (κ1) is 21.6. The highest BCUT2D eigenvalue weighted by Gasteiger charge is 2.26. The molecule has 1 heterocycles. The lowest BCUT2D eigenvalue weighted by Crippen LogP contribution is -2.25. The number of hydrogen-bond donors (Lipinski definition) is 1. The number of H-pyrrole nitrogens is 1. The Hall–Kier alpha value is -2.73. The maximum Gasteiger partial charge on any atom is 0.306 e. The number of rotatable bonds is 8. The van der Waals surface area contributed by atoms with Crippen molar-refractivity contribution in [3.05, 3.63) is 57.4 Å². The van der Waals surface area contributed by atoms with Gasteiger partial charge in [-0.3, -0.25) is 19.2 Å². The van der Waals surface area contributed by atoms with Crippen LogP contribution in [-0.4, -0.2) is 34.4 Å². The molecular weight excluding hydrogens is 382 g/mol. The highest BCUT2D eigenvalue weighted by atomic mass is 35.5. The number of aryl methyl sites for hydroxylation is 1. The molecule has 0 radical (unpaired) electrons. The molecule has 1 aromatic heterocycles. The molecule has 0 fully saturated rings. The largest absolute Gasteiger partial charge is 0.454 e. The molecule has 0 spiro atoms. The number of nitrogens with one attached hydrogen (secondary N) is 1. The van der Waals surface area contributed by atoms with Crippen LogP contribution in [0.4, 0.5) is 0 Å². The molecule has 6 nitrogen and oxygen atoms in total. The Morgan fingerprint density at radius 3 is 2.21 bits per heavy atom. The smallest absolute Gasteiger partial charge is 0.306 e. The van der Waals surface area contributed by atoms with E-state index in [9.17, 15) is 19.2 Å². The van der Waals surface area contributed by atoms with Crippen LogP contribution in [0, 0.1) is 13.8 Å². The van der Waals surface area contributed by atoms with Crippen LogP contribution >= 0.6 is 11.6 Å². The summed E-state index contributed by atoms with van der Waals surface area (Å²) in [5.74, 6) is -1.42. The molecule has 0 saturated heterocycles. The fourth-order valence-electron chi connectivity index (χ4n) is 3.03. The maximum atomic E-state index is 12.6. The van der Waals surface area contributed by atoms with Gasteiger partial charge in [-0.1, -0.05) is 11.6 Å². The number of aromatic nitrogens is 1. The molecule has 2 aromatic rings. The fourth-order valence-corrected chi connectivity index (χ4v) is 3.16. The minimum atomic E-state index is -1.03. The molecule has 0 bridgehead atoms. The summed E-state index contributed by atoms with van der Waals surface area (Å²) in [6.45, 7) is 6.27. The van der Waals surface area contributed by atoms with Crippen LogP contribution < -0.4 is 0 Å². The van der Waals surface area contributed by atoms with E-state index in [-0.39, 0.29) is 30.1 Å². The van der Waals surface area contributed by atoms with Gasteiger partial charge < -0.3 is 9.72 Å². The molecule has 28 heavy (non-hydrogen) atoms. The van der Waals surface area contributed by atoms with Crippen molar-refractivity contribution in [2.24, 2.45) is 0 Å². The number of carbonyl (C=O) groups is 4. The highest BCUT2D eigenvalue weighted by Crippen LogP contribution is 2.20. The van der Waals surface area contributed by atoms with Crippen LogP contribution in [0.15, 0.2) is 24.3 Å². The Morgan fingerprint density at radius 1 is 1.07 bits per heavy atom. The first-order valence-electron chi connectivity index (χ1n) is 8.84. The van der Waals surface area contributed by atoms with E-state index >= 15 is 0 Å². The van der Waals surface area contributed by atoms with E-state index in [1.54, 1.807) is 38.1 Å². The Bertz CT molecular complexity index is 927. The van der Waals surface area contributed by atoms with Gasteiger partial charge in [-0.05, 0) is 57.5 Å². The number of ketones is 3. The second-order valence-electron chi connectivity index (χ2n) is 6.61. The van der Waals surface area contributed by atoms with Crippen molar-refractivity contribution in [2.45, 2.75) is 46.6 Å². The number of benzene rings is 1. The predicted octanol–water partition coefficient (Wildman–Crippen LogP) is 4.27. The number of aromatic amines is 1. The van der Waals surface area contributed by atoms with Crippen LogP contribution in [0.5, 0.6) is 0 Å². The summed E-state index contributed by atoms with van der Waals surface area (Å²) in [6.07, 6.45) is -1.20. The van der Waals surface area contributed by atoms with E-state index in [0.29, 0.717) is 27.4 Å². The lowest BCUT2D eigenvalue weighted by molar-refractivity contribution is -0.146. The van der Waals surface area contributed by atoms with Crippen molar-refractivity contribution in [1.29, 1.82) is 0 Å². The van der Waals surface area contributed by atoms with E-state index in [2.05, 4.69) is 4.98 Å². The van der Waals surface area contributed by atoms with Crippen molar-refractivity contribution in [1.82, 2.24) is 4.98 Å². The van der Waals surface area contributed by atoms with E-state index in [0.717, 1.165) is 0 Å². The quantitative estimate of drug-likeness (QED) is 0.525. The van der Waals surface area contributed by atoms with Gasteiger partial charge >= 0.3 is 5.97 Å². The van der Waals surface area contributed by atoms with Crippen molar-refractivity contribution in [3.8, 4) is 0 Å². The number of halogens is 1. The second kappa shape index (κ2) is 8.97. The molecule has 0 amide bonds. The van der Waals surface area contributed by atoms with Crippen LogP contribution in [0.2, 0.25) is 5.02 Å². The average Bonchev–Trinajstić information content (AvgIpc) is 2.93. The highest BCUT2D eigenvalue weighted by molar-refractivity contribution is 6.30. The molecule has 1 atom stereocenters. The van der Waals surface area contributed by atoms with Gasteiger partial charge in [0.1, 0.15) is 0 Å². The molecular formula is C21H22ClNO5. The van der Waals surface area contributed by atoms with Crippen LogP contribution in [0.1, 0.15) is 69.2 Å². The molecule has 0 aliphatic heterocycles. The molecule has 1 N–H and O–H groups in total.